The van der Waals surface area contributed by atoms with Crippen LogP contribution in [0.4, 0.5) is 0 Å². The third-order valence-corrected chi connectivity index (χ3v) is 5.67. The molecule has 0 aromatic heterocycles. The summed E-state index contributed by atoms with van der Waals surface area (Å²) in [6, 6.07) is 17.5. The van der Waals surface area contributed by atoms with Gasteiger partial charge in [-0.15, -0.1) is 0 Å². The minimum Gasteiger partial charge on any atom is -0.293 e. The van der Waals surface area contributed by atoms with Gasteiger partial charge in [0.1, 0.15) is 0 Å². The SMILES string of the molecule is Cc1ccc(C(Br)C(Br)C(=O)c2ccccc2)cc1. The standard InChI is InChI=1S/C16H14Br2O/c1-11-7-9-12(10-8-11)14(17)15(18)16(19)13-5-3-2-4-6-13/h2-10,14-15H,1H3. The summed E-state index contributed by atoms with van der Waals surface area (Å²) >= 11 is 7.11. The molecule has 0 saturated carbocycles. The van der Waals surface area contributed by atoms with Crippen molar-refractivity contribution in [3.63, 3.8) is 0 Å². The van der Waals surface area contributed by atoms with Gasteiger partial charge in [-0.3, -0.25) is 4.79 Å². The van der Waals surface area contributed by atoms with E-state index >= 15 is 0 Å². The number of carbonyl (C=O) groups excluding carboxylic acids is 1. The largest absolute Gasteiger partial charge is 0.293 e. The van der Waals surface area contributed by atoms with Crippen LogP contribution < -0.4 is 0 Å². The van der Waals surface area contributed by atoms with E-state index in [0.29, 0.717) is 0 Å². The fraction of sp³-hybridized carbons (Fsp3) is 0.188. The van der Waals surface area contributed by atoms with Crippen LogP contribution in [0.3, 0.4) is 0 Å². The fourth-order valence-corrected chi connectivity index (χ4v) is 2.93. The number of ketones is 1. The highest BCUT2D eigenvalue weighted by Crippen LogP contribution is 2.33. The summed E-state index contributed by atoms with van der Waals surface area (Å²) < 4.78 is 0. The van der Waals surface area contributed by atoms with Gasteiger partial charge in [0.2, 0.25) is 0 Å². The van der Waals surface area contributed by atoms with Crippen LogP contribution in [-0.4, -0.2) is 10.6 Å². The van der Waals surface area contributed by atoms with Crippen LogP contribution in [0.2, 0.25) is 0 Å². The first-order chi connectivity index (χ1) is 9.09. The molecule has 2 rings (SSSR count). The molecule has 0 radical (unpaired) electrons. The lowest BCUT2D eigenvalue weighted by molar-refractivity contribution is 0.0991. The molecule has 0 fully saturated rings. The topological polar surface area (TPSA) is 17.1 Å². The van der Waals surface area contributed by atoms with Gasteiger partial charge in [0.15, 0.2) is 5.78 Å². The van der Waals surface area contributed by atoms with E-state index in [1.807, 2.05) is 49.4 Å². The molecular formula is C16H14Br2O. The molecule has 1 nitrogen and oxygen atoms in total. The Morgan fingerprint density at radius 2 is 1.53 bits per heavy atom. The third kappa shape index (κ3) is 3.54. The van der Waals surface area contributed by atoms with Crippen molar-refractivity contribution in [2.75, 3.05) is 0 Å². The number of benzene rings is 2. The third-order valence-electron chi connectivity index (χ3n) is 2.96. The van der Waals surface area contributed by atoms with Crippen molar-refractivity contribution in [2.45, 2.75) is 16.6 Å². The molecular weight excluding hydrogens is 368 g/mol. The molecule has 0 bridgehead atoms. The predicted octanol–water partition coefficient (Wildman–Crippen LogP) is 5.08. The molecule has 2 atom stereocenters. The maximum absolute atomic E-state index is 12.3. The van der Waals surface area contributed by atoms with Gasteiger partial charge in [-0.25, -0.2) is 0 Å². The Bertz CT molecular complexity index is 549. The zero-order chi connectivity index (χ0) is 13.8. The Kier molecular flexibility index (Phi) is 4.94. The normalized spacial score (nSPS) is 13.8. The summed E-state index contributed by atoms with van der Waals surface area (Å²) in [7, 11) is 0. The van der Waals surface area contributed by atoms with Crippen molar-refractivity contribution >= 4 is 37.6 Å². The van der Waals surface area contributed by atoms with Crippen molar-refractivity contribution in [3.05, 3.63) is 71.3 Å². The highest BCUT2D eigenvalue weighted by molar-refractivity contribution is 9.12. The van der Waals surface area contributed by atoms with E-state index in [0.717, 1.165) is 11.1 Å². The Balaban J connectivity index is 2.17. The fourth-order valence-electron chi connectivity index (χ4n) is 1.81. The Morgan fingerprint density at radius 1 is 0.947 bits per heavy atom. The Hall–Kier alpha value is -0.930. The predicted molar refractivity (Wildman–Crippen MR) is 86.3 cm³/mol. The molecule has 3 heteroatoms. The number of rotatable bonds is 4. The summed E-state index contributed by atoms with van der Waals surface area (Å²) in [5.74, 6) is 0.0862. The van der Waals surface area contributed by atoms with Crippen LogP contribution in [0, 0.1) is 6.92 Å². The van der Waals surface area contributed by atoms with Crippen molar-refractivity contribution in [1.82, 2.24) is 0 Å². The first-order valence-corrected chi connectivity index (χ1v) is 7.86. The van der Waals surface area contributed by atoms with E-state index in [-0.39, 0.29) is 15.4 Å². The van der Waals surface area contributed by atoms with Crippen molar-refractivity contribution in [2.24, 2.45) is 0 Å². The van der Waals surface area contributed by atoms with Gasteiger partial charge in [-0.05, 0) is 12.5 Å². The number of alkyl halides is 2. The van der Waals surface area contributed by atoms with Gasteiger partial charge in [-0.2, -0.15) is 0 Å². The van der Waals surface area contributed by atoms with Gasteiger partial charge in [0.25, 0.3) is 0 Å². The van der Waals surface area contributed by atoms with Crippen LogP contribution in [0.5, 0.6) is 0 Å². The smallest absolute Gasteiger partial charge is 0.177 e. The van der Waals surface area contributed by atoms with Gasteiger partial charge in [-0.1, -0.05) is 92.0 Å². The average molecular weight is 382 g/mol. The lowest BCUT2D eigenvalue weighted by atomic mass is 10.0. The van der Waals surface area contributed by atoms with Crippen LogP contribution in [0.25, 0.3) is 0 Å². The van der Waals surface area contributed by atoms with E-state index in [4.69, 9.17) is 0 Å². The van der Waals surface area contributed by atoms with E-state index in [9.17, 15) is 4.79 Å². The monoisotopic (exact) mass is 380 g/mol. The lowest BCUT2D eigenvalue weighted by Crippen LogP contribution is -2.19. The van der Waals surface area contributed by atoms with E-state index in [1.165, 1.54) is 5.56 Å². The molecule has 0 heterocycles. The second-order valence-corrected chi connectivity index (χ2v) is 6.42. The number of hydrogen-bond donors (Lipinski definition) is 0. The van der Waals surface area contributed by atoms with Crippen LogP contribution in [0.1, 0.15) is 26.3 Å². The number of hydrogen-bond acceptors (Lipinski definition) is 1. The second kappa shape index (κ2) is 6.49. The molecule has 0 aliphatic heterocycles. The maximum atomic E-state index is 12.3. The molecule has 0 N–H and O–H groups in total. The number of halogens is 2. The van der Waals surface area contributed by atoms with Crippen LogP contribution in [-0.2, 0) is 0 Å². The van der Waals surface area contributed by atoms with Crippen molar-refractivity contribution in [3.8, 4) is 0 Å². The molecule has 2 aromatic rings. The summed E-state index contributed by atoms with van der Waals surface area (Å²) in [5, 5.41) is 0. The molecule has 0 aliphatic rings. The van der Waals surface area contributed by atoms with Gasteiger partial charge in [0.05, 0.1) is 9.65 Å². The van der Waals surface area contributed by atoms with Crippen LogP contribution >= 0.6 is 31.9 Å². The second-order valence-electron chi connectivity index (χ2n) is 4.44. The summed E-state index contributed by atoms with van der Waals surface area (Å²) in [6.45, 7) is 2.05. The molecule has 0 saturated heterocycles. The van der Waals surface area contributed by atoms with E-state index < -0.39 is 0 Å². The zero-order valence-corrected chi connectivity index (χ0v) is 13.7. The summed E-state index contributed by atoms with van der Waals surface area (Å²) in [6.07, 6.45) is 0. The minimum atomic E-state index is -0.280. The summed E-state index contributed by atoms with van der Waals surface area (Å²) in [5.41, 5.74) is 3.03. The molecule has 0 spiro atoms. The van der Waals surface area contributed by atoms with Crippen LogP contribution in [0.15, 0.2) is 54.6 Å². The molecule has 2 aromatic carbocycles. The Morgan fingerprint density at radius 3 is 2.11 bits per heavy atom. The maximum Gasteiger partial charge on any atom is 0.177 e. The number of Topliss-reactive ketones (excluding diaryl/α,β-unsaturated/α-hetero) is 1. The first kappa shape index (κ1) is 14.5. The summed E-state index contributed by atoms with van der Waals surface area (Å²) in [4.78, 5) is 12.0. The number of aryl methyl sites for hydroxylation is 1. The lowest BCUT2D eigenvalue weighted by Gasteiger charge is -2.16. The average Bonchev–Trinajstić information content (AvgIpc) is 2.46. The van der Waals surface area contributed by atoms with Crippen molar-refractivity contribution < 1.29 is 4.79 Å². The van der Waals surface area contributed by atoms with Gasteiger partial charge in [0, 0.05) is 5.56 Å². The molecule has 0 amide bonds. The zero-order valence-electron chi connectivity index (χ0n) is 10.5. The quantitative estimate of drug-likeness (QED) is 0.533. The first-order valence-electron chi connectivity index (χ1n) is 6.03. The minimum absolute atomic E-state index is 0.0409. The van der Waals surface area contributed by atoms with Gasteiger partial charge < -0.3 is 0 Å². The number of carbonyl (C=O) groups is 1. The Labute approximate surface area is 130 Å². The highest BCUT2D eigenvalue weighted by Gasteiger charge is 2.25. The highest BCUT2D eigenvalue weighted by atomic mass is 79.9. The van der Waals surface area contributed by atoms with Gasteiger partial charge >= 0.3 is 0 Å². The van der Waals surface area contributed by atoms with Crippen molar-refractivity contribution in [1.29, 1.82) is 0 Å². The van der Waals surface area contributed by atoms with E-state index in [2.05, 4.69) is 44.0 Å². The molecule has 98 valence electrons. The molecule has 2 unspecified atom stereocenters. The molecule has 0 aliphatic carbocycles. The molecule has 19 heavy (non-hydrogen) atoms. The van der Waals surface area contributed by atoms with E-state index in [1.54, 1.807) is 0 Å².